The monoisotopic (exact) mass is 467 g/mol. The van der Waals surface area contributed by atoms with Crippen LogP contribution in [0.2, 0.25) is 5.02 Å². The molecule has 8 heteroatoms. The van der Waals surface area contributed by atoms with Gasteiger partial charge in [0.1, 0.15) is 11.6 Å². The van der Waals surface area contributed by atoms with Crippen LogP contribution in [-0.4, -0.2) is 35.0 Å². The maximum absolute atomic E-state index is 13.3. The molecule has 0 aliphatic carbocycles. The molecule has 2 amide bonds. The van der Waals surface area contributed by atoms with Gasteiger partial charge in [-0.25, -0.2) is 14.2 Å². The van der Waals surface area contributed by atoms with Gasteiger partial charge in [0.05, 0.1) is 0 Å². The molecular weight excluding hydrogens is 441 g/mol. The Labute approximate surface area is 198 Å². The molecule has 0 radical (unpaired) electrons. The number of hydrogen-bond donors (Lipinski definition) is 2. The molecule has 6 nitrogen and oxygen atoms in total. The Morgan fingerprint density at radius 2 is 1.79 bits per heavy atom. The molecule has 2 aromatic carbocycles. The van der Waals surface area contributed by atoms with Crippen LogP contribution >= 0.6 is 11.6 Å². The summed E-state index contributed by atoms with van der Waals surface area (Å²) in [6, 6.07) is 17.2. The summed E-state index contributed by atoms with van der Waals surface area (Å²) in [5.74, 6) is 0.225. The molecule has 3 aromatic rings. The van der Waals surface area contributed by atoms with Crippen LogP contribution in [-0.2, 0) is 13.1 Å². The van der Waals surface area contributed by atoms with Crippen molar-refractivity contribution in [2.24, 2.45) is 0 Å². The van der Waals surface area contributed by atoms with E-state index in [0.29, 0.717) is 17.4 Å². The maximum atomic E-state index is 13.3. The predicted molar refractivity (Wildman–Crippen MR) is 130 cm³/mol. The molecule has 4 rings (SSSR count). The lowest BCUT2D eigenvalue weighted by Crippen LogP contribution is -2.50. The molecule has 0 atom stereocenters. The molecular formula is C25H27ClFN5O. The number of nitrogens with zero attached hydrogens (tertiary/aromatic N) is 3. The summed E-state index contributed by atoms with van der Waals surface area (Å²) in [7, 11) is 0. The second-order valence-electron chi connectivity index (χ2n) is 8.23. The summed E-state index contributed by atoms with van der Waals surface area (Å²) in [4.78, 5) is 21.5. The highest BCUT2D eigenvalue weighted by Crippen LogP contribution is 2.26. The molecule has 1 saturated heterocycles. The van der Waals surface area contributed by atoms with Crippen molar-refractivity contribution in [1.29, 1.82) is 0 Å². The second-order valence-corrected chi connectivity index (χ2v) is 8.66. The van der Waals surface area contributed by atoms with Crippen LogP contribution in [0.15, 0.2) is 66.9 Å². The number of likely N-dealkylation sites (tertiary alicyclic amines) is 1. The first-order valence-electron chi connectivity index (χ1n) is 11.0. The van der Waals surface area contributed by atoms with Crippen molar-refractivity contribution in [2.75, 3.05) is 23.7 Å². The Morgan fingerprint density at radius 1 is 1.09 bits per heavy atom. The fourth-order valence-corrected chi connectivity index (χ4v) is 4.27. The Kier molecular flexibility index (Phi) is 7.42. The molecule has 3 N–H and O–H groups in total. The number of rotatable bonds is 6. The van der Waals surface area contributed by atoms with E-state index in [1.165, 1.54) is 12.1 Å². The van der Waals surface area contributed by atoms with E-state index in [4.69, 9.17) is 17.3 Å². The van der Waals surface area contributed by atoms with Gasteiger partial charge in [-0.05, 0) is 72.5 Å². The molecule has 33 heavy (non-hydrogen) atoms. The van der Waals surface area contributed by atoms with Gasteiger partial charge in [0.25, 0.3) is 0 Å². The van der Waals surface area contributed by atoms with Gasteiger partial charge in [-0.3, -0.25) is 9.80 Å². The molecule has 0 unspecified atom stereocenters. The van der Waals surface area contributed by atoms with E-state index in [1.54, 1.807) is 30.5 Å². The second kappa shape index (κ2) is 10.6. The van der Waals surface area contributed by atoms with Gasteiger partial charge in [-0.2, -0.15) is 0 Å². The third-order valence-electron chi connectivity index (χ3n) is 5.85. The average Bonchev–Trinajstić information content (AvgIpc) is 2.81. The van der Waals surface area contributed by atoms with E-state index in [2.05, 4.69) is 15.2 Å². The summed E-state index contributed by atoms with van der Waals surface area (Å²) >= 11 is 6.07. The van der Waals surface area contributed by atoms with E-state index in [0.717, 1.165) is 49.3 Å². The molecule has 2 heterocycles. The number of hydrogen-bond acceptors (Lipinski definition) is 4. The van der Waals surface area contributed by atoms with Crippen molar-refractivity contribution in [2.45, 2.75) is 32.0 Å². The van der Waals surface area contributed by atoms with E-state index < -0.39 is 0 Å². The van der Waals surface area contributed by atoms with Crippen LogP contribution in [0.3, 0.4) is 0 Å². The molecule has 0 spiro atoms. The largest absolute Gasteiger partial charge is 0.384 e. The fourth-order valence-electron chi connectivity index (χ4n) is 4.15. The van der Waals surface area contributed by atoms with Crippen molar-refractivity contribution in [3.8, 4) is 0 Å². The maximum Gasteiger partial charge on any atom is 0.322 e. The van der Waals surface area contributed by atoms with Crippen LogP contribution in [0, 0.1) is 5.82 Å². The van der Waals surface area contributed by atoms with Crippen molar-refractivity contribution >= 4 is 29.1 Å². The summed E-state index contributed by atoms with van der Waals surface area (Å²) in [5, 5.41) is 3.61. The summed E-state index contributed by atoms with van der Waals surface area (Å²) in [6.45, 7) is 2.85. The number of benzene rings is 2. The van der Waals surface area contributed by atoms with Gasteiger partial charge in [-0.1, -0.05) is 23.7 Å². The highest BCUT2D eigenvalue weighted by atomic mass is 35.5. The number of urea groups is 1. The number of carbonyl (C=O) groups is 1. The average molecular weight is 468 g/mol. The Bertz CT molecular complexity index is 1070. The van der Waals surface area contributed by atoms with Crippen LogP contribution in [0.25, 0.3) is 0 Å². The standard InChI is InChI=1S/C25H27ClFN5O/c26-20-3-7-22(8-4-20)32(25(33)30-16-18-1-5-21(27)6-2-18)23-10-13-31(14-11-23)17-19-9-12-29-24(28)15-19/h1-9,12,15,23H,10-11,13-14,16-17H2,(H2,28,29)(H,30,33). The fraction of sp³-hybridized carbons (Fsp3) is 0.280. The SMILES string of the molecule is Nc1cc(CN2CCC(N(C(=O)NCc3ccc(F)cc3)c3ccc(Cl)cc3)CC2)ccn1. The number of halogens is 2. The van der Waals surface area contributed by atoms with Gasteiger partial charge in [0.15, 0.2) is 0 Å². The Balaban J connectivity index is 1.43. The molecule has 0 saturated carbocycles. The van der Waals surface area contributed by atoms with Gasteiger partial charge in [0, 0.05) is 49.1 Å². The van der Waals surface area contributed by atoms with E-state index in [1.807, 2.05) is 29.2 Å². The number of nitrogen functional groups attached to an aromatic ring is 1. The highest BCUT2D eigenvalue weighted by Gasteiger charge is 2.29. The quantitative estimate of drug-likeness (QED) is 0.544. The van der Waals surface area contributed by atoms with Crippen LogP contribution < -0.4 is 16.0 Å². The lowest BCUT2D eigenvalue weighted by atomic mass is 10.0. The zero-order chi connectivity index (χ0) is 23.2. The topological polar surface area (TPSA) is 74.5 Å². The van der Waals surface area contributed by atoms with Crippen molar-refractivity contribution < 1.29 is 9.18 Å². The van der Waals surface area contributed by atoms with E-state index in [-0.39, 0.29) is 17.9 Å². The van der Waals surface area contributed by atoms with E-state index in [9.17, 15) is 9.18 Å². The molecule has 1 aliphatic rings. The highest BCUT2D eigenvalue weighted by molar-refractivity contribution is 6.30. The van der Waals surface area contributed by atoms with Crippen molar-refractivity contribution in [1.82, 2.24) is 15.2 Å². The van der Waals surface area contributed by atoms with Gasteiger partial charge in [0.2, 0.25) is 0 Å². The minimum Gasteiger partial charge on any atom is -0.384 e. The lowest BCUT2D eigenvalue weighted by Gasteiger charge is -2.38. The summed E-state index contributed by atoms with van der Waals surface area (Å²) in [6.07, 6.45) is 3.41. The normalized spacial score (nSPS) is 14.7. The molecule has 0 bridgehead atoms. The number of piperidine rings is 1. The van der Waals surface area contributed by atoms with Gasteiger partial charge in [-0.15, -0.1) is 0 Å². The first-order valence-corrected chi connectivity index (χ1v) is 11.4. The number of anilines is 2. The number of pyridine rings is 1. The van der Waals surface area contributed by atoms with Gasteiger partial charge < -0.3 is 11.1 Å². The molecule has 1 aliphatic heterocycles. The zero-order valence-electron chi connectivity index (χ0n) is 18.3. The molecule has 1 fully saturated rings. The van der Waals surface area contributed by atoms with Crippen molar-refractivity contribution in [3.63, 3.8) is 0 Å². The van der Waals surface area contributed by atoms with Crippen LogP contribution in [0.4, 0.5) is 20.7 Å². The van der Waals surface area contributed by atoms with Crippen molar-refractivity contribution in [3.05, 3.63) is 88.8 Å². The number of amides is 2. The van der Waals surface area contributed by atoms with Gasteiger partial charge >= 0.3 is 6.03 Å². The summed E-state index contributed by atoms with van der Waals surface area (Å²) < 4.78 is 13.2. The first kappa shape index (κ1) is 23.0. The minimum absolute atomic E-state index is 0.0538. The molecule has 1 aromatic heterocycles. The smallest absolute Gasteiger partial charge is 0.322 e. The number of nitrogens with one attached hydrogen (secondary N) is 1. The lowest BCUT2D eigenvalue weighted by molar-refractivity contribution is 0.197. The van der Waals surface area contributed by atoms with E-state index >= 15 is 0 Å². The molecule has 172 valence electrons. The number of carbonyl (C=O) groups excluding carboxylic acids is 1. The third-order valence-corrected chi connectivity index (χ3v) is 6.11. The zero-order valence-corrected chi connectivity index (χ0v) is 19.0. The first-order chi connectivity index (χ1) is 16.0. The predicted octanol–water partition coefficient (Wildman–Crippen LogP) is 4.84. The van der Waals surface area contributed by atoms with Crippen LogP contribution in [0.5, 0.6) is 0 Å². The number of aromatic nitrogens is 1. The Morgan fingerprint density at radius 3 is 2.45 bits per heavy atom. The minimum atomic E-state index is -0.297. The number of nitrogens with two attached hydrogens (primary N) is 1. The van der Waals surface area contributed by atoms with Crippen LogP contribution in [0.1, 0.15) is 24.0 Å². The summed E-state index contributed by atoms with van der Waals surface area (Å²) in [5.41, 5.74) is 8.58. The Hall–Kier alpha value is -3.16. The third kappa shape index (κ3) is 6.21.